The van der Waals surface area contributed by atoms with Gasteiger partial charge in [0.15, 0.2) is 0 Å². The van der Waals surface area contributed by atoms with Crippen LogP contribution >= 0.6 is 0 Å². The molecule has 4 nitrogen and oxygen atoms in total. The highest BCUT2D eigenvalue weighted by molar-refractivity contribution is 5.96. The first-order valence-electron chi connectivity index (χ1n) is 3.06. The maximum atomic E-state index is 5.53. The Morgan fingerprint density at radius 1 is 1.60 bits per heavy atom. The summed E-state index contributed by atoms with van der Waals surface area (Å²) in [6, 6.07) is 0. The van der Waals surface area contributed by atoms with Crippen LogP contribution in [0.3, 0.4) is 0 Å². The maximum Gasteiger partial charge on any atom is 0.126 e. The van der Waals surface area contributed by atoms with Gasteiger partial charge in [-0.25, -0.2) is 4.99 Å². The molecule has 4 heteroatoms. The van der Waals surface area contributed by atoms with Gasteiger partial charge in [-0.05, 0) is 6.08 Å². The highest BCUT2D eigenvalue weighted by Crippen LogP contribution is 2.19. The van der Waals surface area contributed by atoms with Crippen LogP contribution in [-0.2, 0) is 0 Å². The van der Waals surface area contributed by atoms with Crippen molar-refractivity contribution < 1.29 is 0 Å². The van der Waals surface area contributed by atoms with E-state index in [1.807, 2.05) is 6.08 Å². The quantitative estimate of drug-likeness (QED) is 0.400. The molecular formula is C6H8N4. The minimum atomic E-state index is -0.0990. The Hall–Kier alpha value is -1.29. The monoisotopic (exact) mass is 136 g/mol. The van der Waals surface area contributed by atoms with Gasteiger partial charge < -0.3 is 16.8 Å². The number of rotatable bonds is 0. The van der Waals surface area contributed by atoms with E-state index in [4.69, 9.17) is 11.5 Å². The first-order valence-corrected chi connectivity index (χ1v) is 3.06. The molecule has 0 aromatic carbocycles. The van der Waals surface area contributed by atoms with Crippen LogP contribution in [0.25, 0.3) is 0 Å². The number of hydrogen-bond acceptors (Lipinski definition) is 4. The first kappa shape index (κ1) is 5.49. The van der Waals surface area contributed by atoms with E-state index < -0.39 is 0 Å². The van der Waals surface area contributed by atoms with Gasteiger partial charge in [-0.2, -0.15) is 0 Å². The Morgan fingerprint density at radius 3 is 3.10 bits per heavy atom. The zero-order chi connectivity index (χ0) is 7.14. The van der Waals surface area contributed by atoms with Crippen LogP contribution in [0, 0.1) is 0 Å². The molecule has 2 aliphatic rings. The average Bonchev–Trinajstić information content (AvgIpc) is 2.21. The molecule has 0 spiro atoms. The largest absolute Gasteiger partial charge is 0.384 e. The Bertz CT molecular complexity index is 261. The molecule has 0 aromatic rings. The Kier molecular flexibility index (Phi) is 0.881. The zero-order valence-corrected chi connectivity index (χ0v) is 5.33. The molecule has 0 amide bonds. The highest BCUT2D eigenvalue weighted by atomic mass is 15.1. The summed E-state index contributed by atoms with van der Waals surface area (Å²) in [5, 5.41) is 3.00. The number of nitrogens with two attached hydrogens (primary N) is 2. The van der Waals surface area contributed by atoms with Gasteiger partial charge in [-0.15, -0.1) is 0 Å². The van der Waals surface area contributed by atoms with Crippen LogP contribution in [-0.4, -0.2) is 12.0 Å². The normalized spacial score (nSPS) is 28.5. The fourth-order valence-corrected chi connectivity index (χ4v) is 1.09. The second-order valence-electron chi connectivity index (χ2n) is 2.32. The Morgan fingerprint density at radius 2 is 2.40 bits per heavy atom. The summed E-state index contributed by atoms with van der Waals surface area (Å²) in [6.45, 7) is 0. The summed E-state index contributed by atoms with van der Waals surface area (Å²) < 4.78 is 0. The van der Waals surface area contributed by atoms with E-state index in [1.54, 1.807) is 6.08 Å². The van der Waals surface area contributed by atoms with Crippen molar-refractivity contribution in [1.82, 2.24) is 5.32 Å². The van der Waals surface area contributed by atoms with E-state index in [0.29, 0.717) is 5.84 Å². The second-order valence-corrected chi connectivity index (χ2v) is 2.32. The van der Waals surface area contributed by atoms with E-state index in [9.17, 15) is 0 Å². The predicted molar refractivity (Wildman–Crippen MR) is 38.9 cm³/mol. The third-order valence-corrected chi connectivity index (χ3v) is 1.48. The summed E-state index contributed by atoms with van der Waals surface area (Å²) in [7, 11) is 0. The molecule has 10 heavy (non-hydrogen) atoms. The molecule has 2 rings (SSSR count). The summed E-state index contributed by atoms with van der Waals surface area (Å²) in [4.78, 5) is 4.02. The van der Waals surface area contributed by atoms with Crippen molar-refractivity contribution in [2.24, 2.45) is 16.5 Å². The molecule has 0 aromatic heterocycles. The van der Waals surface area contributed by atoms with Crippen molar-refractivity contribution in [1.29, 1.82) is 0 Å². The third kappa shape index (κ3) is 0.625. The minimum Gasteiger partial charge on any atom is -0.384 e. The van der Waals surface area contributed by atoms with Crippen LogP contribution in [0.15, 0.2) is 28.5 Å². The van der Waals surface area contributed by atoms with Crippen molar-refractivity contribution in [3.63, 3.8) is 0 Å². The molecule has 0 bridgehead atoms. The van der Waals surface area contributed by atoms with Gasteiger partial charge in [0.25, 0.3) is 0 Å². The second kappa shape index (κ2) is 1.60. The van der Waals surface area contributed by atoms with Gasteiger partial charge in [0.05, 0.1) is 17.6 Å². The molecule has 0 fully saturated rings. The van der Waals surface area contributed by atoms with E-state index in [-0.39, 0.29) is 6.17 Å². The predicted octanol–water partition coefficient (Wildman–Crippen LogP) is -0.987. The maximum absolute atomic E-state index is 5.53. The van der Waals surface area contributed by atoms with Crippen molar-refractivity contribution in [2.75, 3.05) is 0 Å². The van der Waals surface area contributed by atoms with Gasteiger partial charge in [0.2, 0.25) is 0 Å². The molecule has 52 valence electrons. The van der Waals surface area contributed by atoms with Crippen molar-refractivity contribution in [3.8, 4) is 0 Å². The topological polar surface area (TPSA) is 76.4 Å². The lowest BCUT2D eigenvalue weighted by Crippen LogP contribution is -2.30. The van der Waals surface area contributed by atoms with Crippen LogP contribution < -0.4 is 16.8 Å². The first-order chi connectivity index (χ1) is 4.75. The number of nitrogens with zero attached hydrogens (tertiary/aromatic N) is 1. The minimum absolute atomic E-state index is 0.0990. The molecule has 1 atom stereocenters. The number of aliphatic imine (C=N–C) groups is 1. The van der Waals surface area contributed by atoms with Crippen LogP contribution in [0.4, 0.5) is 0 Å². The summed E-state index contributed by atoms with van der Waals surface area (Å²) in [5.74, 6) is 0.542. The lowest BCUT2D eigenvalue weighted by atomic mass is 10.4. The fraction of sp³-hybridized carbons (Fsp3) is 0.167. The van der Waals surface area contributed by atoms with Gasteiger partial charge in [0.1, 0.15) is 5.84 Å². The van der Waals surface area contributed by atoms with Crippen molar-refractivity contribution >= 4 is 5.84 Å². The van der Waals surface area contributed by atoms with Crippen molar-refractivity contribution in [2.45, 2.75) is 6.17 Å². The van der Waals surface area contributed by atoms with Gasteiger partial charge in [-0.1, -0.05) is 0 Å². The molecule has 2 aliphatic heterocycles. The van der Waals surface area contributed by atoms with E-state index >= 15 is 0 Å². The molecule has 0 aliphatic carbocycles. The SMILES string of the molecule is NC1=NC2=CC(N)NC2=C1. The Labute approximate surface area is 58.3 Å². The highest BCUT2D eigenvalue weighted by Gasteiger charge is 2.20. The van der Waals surface area contributed by atoms with Gasteiger partial charge in [0, 0.05) is 6.08 Å². The average molecular weight is 136 g/mol. The summed E-state index contributed by atoms with van der Waals surface area (Å²) >= 11 is 0. The van der Waals surface area contributed by atoms with E-state index in [1.165, 1.54) is 0 Å². The molecular weight excluding hydrogens is 128 g/mol. The molecule has 5 N–H and O–H groups in total. The zero-order valence-electron chi connectivity index (χ0n) is 5.33. The lowest BCUT2D eigenvalue weighted by Gasteiger charge is -2.00. The number of hydrogen-bond donors (Lipinski definition) is 3. The van der Waals surface area contributed by atoms with Gasteiger partial charge in [-0.3, -0.25) is 0 Å². The summed E-state index contributed by atoms with van der Waals surface area (Å²) in [5.41, 5.74) is 12.8. The molecule has 1 unspecified atom stereocenters. The fourth-order valence-electron chi connectivity index (χ4n) is 1.09. The van der Waals surface area contributed by atoms with Crippen LogP contribution in [0.1, 0.15) is 0 Å². The lowest BCUT2D eigenvalue weighted by molar-refractivity contribution is 0.744. The Balaban J connectivity index is 2.39. The molecule has 0 radical (unpaired) electrons. The van der Waals surface area contributed by atoms with Crippen LogP contribution in [0.2, 0.25) is 0 Å². The smallest absolute Gasteiger partial charge is 0.126 e. The number of fused-ring (bicyclic) bond motifs is 1. The van der Waals surface area contributed by atoms with Crippen LogP contribution in [0.5, 0.6) is 0 Å². The van der Waals surface area contributed by atoms with E-state index in [0.717, 1.165) is 11.4 Å². The summed E-state index contributed by atoms with van der Waals surface area (Å²) in [6.07, 6.45) is 3.52. The van der Waals surface area contributed by atoms with E-state index in [2.05, 4.69) is 10.3 Å². The molecule has 0 saturated carbocycles. The number of amidine groups is 1. The van der Waals surface area contributed by atoms with Crippen molar-refractivity contribution in [3.05, 3.63) is 23.5 Å². The molecule has 0 saturated heterocycles. The molecule has 2 heterocycles. The van der Waals surface area contributed by atoms with Gasteiger partial charge >= 0.3 is 0 Å². The number of nitrogens with one attached hydrogen (secondary N) is 1. The standard InChI is InChI=1S/C6H8N4/c7-5-1-3-4(10-5)2-6(8)9-3/h1-2,5,10H,7H2,(H2,8,9). The third-order valence-electron chi connectivity index (χ3n) is 1.48.